The van der Waals surface area contributed by atoms with Gasteiger partial charge in [0.2, 0.25) is 5.91 Å². The number of piperidine rings is 1. The fourth-order valence-corrected chi connectivity index (χ4v) is 4.92. The van der Waals surface area contributed by atoms with E-state index in [0.29, 0.717) is 24.6 Å². The number of rotatable bonds is 5. The molecule has 8 heteroatoms. The van der Waals surface area contributed by atoms with Gasteiger partial charge < -0.3 is 15.8 Å². The summed E-state index contributed by atoms with van der Waals surface area (Å²) in [6, 6.07) is 3.60. The van der Waals surface area contributed by atoms with Crippen molar-refractivity contribution in [1.29, 1.82) is 0 Å². The predicted octanol–water partition coefficient (Wildman–Crippen LogP) is 2.31. The number of carbonyl (C=O) groups is 2. The second kappa shape index (κ2) is 8.71. The molecule has 8 nitrogen and oxygen atoms in total. The van der Waals surface area contributed by atoms with Gasteiger partial charge >= 0.3 is 5.97 Å². The SMILES string of the molecule is COC(=O)[C@]1(Cc2ccc3nc([C@@H](N)C4CCCCCC4)cn3n2)CCCNC1=O. The van der Waals surface area contributed by atoms with E-state index in [0.717, 1.165) is 30.6 Å². The number of nitrogens with zero attached hydrogens (tertiary/aromatic N) is 3. The van der Waals surface area contributed by atoms with Gasteiger partial charge in [0.15, 0.2) is 11.1 Å². The first-order chi connectivity index (χ1) is 14.5. The first kappa shape index (κ1) is 20.8. The zero-order valence-electron chi connectivity index (χ0n) is 17.6. The lowest BCUT2D eigenvalue weighted by molar-refractivity contribution is -0.161. The third kappa shape index (κ3) is 3.93. The van der Waals surface area contributed by atoms with Gasteiger partial charge in [-0.15, -0.1) is 0 Å². The topological polar surface area (TPSA) is 112 Å². The van der Waals surface area contributed by atoms with Gasteiger partial charge in [0, 0.05) is 13.0 Å². The average molecular weight is 414 g/mol. The van der Waals surface area contributed by atoms with Crippen LogP contribution in [0.4, 0.5) is 0 Å². The van der Waals surface area contributed by atoms with E-state index in [2.05, 4.69) is 10.4 Å². The second-order valence-electron chi connectivity index (χ2n) is 8.68. The van der Waals surface area contributed by atoms with Crippen molar-refractivity contribution in [2.24, 2.45) is 17.1 Å². The number of hydrogen-bond acceptors (Lipinski definition) is 6. The Morgan fingerprint density at radius 1 is 1.30 bits per heavy atom. The van der Waals surface area contributed by atoms with Crippen LogP contribution in [0.2, 0.25) is 0 Å². The van der Waals surface area contributed by atoms with Crippen molar-refractivity contribution in [3.05, 3.63) is 29.7 Å². The zero-order valence-corrected chi connectivity index (χ0v) is 17.6. The Balaban J connectivity index is 1.58. The van der Waals surface area contributed by atoms with Crippen LogP contribution < -0.4 is 11.1 Å². The third-order valence-corrected chi connectivity index (χ3v) is 6.70. The Morgan fingerprint density at radius 2 is 2.07 bits per heavy atom. The van der Waals surface area contributed by atoms with Crippen molar-refractivity contribution in [2.75, 3.05) is 13.7 Å². The highest BCUT2D eigenvalue weighted by atomic mass is 16.5. The lowest BCUT2D eigenvalue weighted by Crippen LogP contribution is -2.52. The minimum absolute atomic E-state index is 0.0983. The first-order valence-electron chi connectivity index (χ1n) is 11.0. The molecule has 1 saturated carbocycles. The van der Waals surface area contributed by atoms with E-state index in [-0.39, 0.29) is 18.4 Å². The summed E-state index contributed by atoms with van der Waals surface area (Å²) in [5.41, 5.74) is 7.56. The van der Waals surface area contributed by atoms with Gasteiger partial charge in [-0.1, -0.05) is 25.7 Å². The smallest absolute Gasteiger partial charge is 0.321 e. The van der Waals surface area contributed by atoms with Crippen molar-refractivity contribution in [3.8, 4) is 0 Å². The van der Waals surface area contributed by atoms with Gasteiger partial charge in [-0.05, 0) is 43.7 Å². The average Bonchev–Trinajstić information content (AvgIpc) is 2.99. The second-order valence-corrected chi connectivity index (χ2v) is 8.68. The minimum Gasteiger partial charge on any atom is -0.468 e. The maximum absolute atomic E-state index is 12.6. The summed E-state index contributed by atoms with van der Waals surface area (Å²) in [5, 5.41) is 7.45. The molecule has 162 valence electrons. The van der Waals surface area contributed by atoms with Crippen LogP contribution in [0.25, 0.3) is 5.65 Å². The minimum atomic E-state index is -1.23. The fraction of sp³-hybridized carbons (Fsp3) is 0.636. The molecule has 3 N–H and O–H groups in total. The summed E-state index contributed by atoms with van der Waals surface area (Å²) in [6.45, 7) is 0.577. The van der Waals surface area contributed by atoms with Gasteiger partial charge in [-0.2, -0.15) is 5.10 Å². The maximum Gasteiger partial charge on any atom is 0.321 e. The number of carbonyl (C=O) groups excluding carboxylic acids is 2. The van der Waals surface area contributed by atoms with Gasteiger partial charge in [-0.25, -0.2) is 9.50 Å². The largest absolute Gasteiger partial charge is 0.468 e. The molecule has 1 aliphatic carbocycles. The van der Waals surface area contributed by atoms with Crippen LogP contribution in [0.1, 0.15) is 68.8 Å². The number of fused-ring (bicyclic) bond motifs is 1. The molecule has 0 spiro atoms. The number of hydrogen-bond donors (Lipinski definition) is 2. The van der Waals surface area contributed by atoms with E-state index in [1.807, 2.05) is 18.3 Å². The zero-order chi connectivity index (χ0) is 21.1. The highest BCUT2D eigenvalue weighted by molar-refractivity contribution is 6.03. The summed E-state index contributed by atoms with van der Waals surface area (Å²) in [4.78, 5) is 29.8. The number of amides is 1. The lowest BCUT2D eigenvalue weighted by atomic mass is 9.76. The van der Waals surface area contributed by atoms with Gasteiger partial charge in [-0.3, -0.25) is 9.59 Å². The highest BCUT2D eigenvalue weighted by Crippen LogP contribution is 2.34. The van der Waals surface area contributed by atoms with Crippen LogP contribution in [-0.4, -0.2) is 40.1 Å². The normalized spacial score (nSPS) is 24.3. The number of esters is 1. The third-order valence-electron chi connectivity index (χ3n) is 6.70. The Labute approximate surface area is 176 Å². The van der Waals surface area contributed by atoms with Crippen LogP contribution in [0.3, 0.4) is 0 Å². The molecule has 1 saturated heterocycles. The molecule has 1 amide bonds. The van der Waals surface area contributed by atoms with Crippen LogP contribution in [0.15, 0.2) is 18.3 Å². The van der Waals surface area contributed by atoms with Gasteiger partial charge in [0.1, 0.15) is 0 Å². The van der Waals surface area contributed by atoms with Crippen molar-refractivity contribution < 1.29 is 14.3 Å². The molecule has 1 aliphatic heterocycles. The molecule has 0 aromatic carbocycles. The van der Waals surface area contributed by atoms with Crippen LogP contribution >= 0.6 is 0 Å². The Morgan fingerprint density at radius 3 is 2.77 bits per heavy atom. The molecule has 4 rings (SSSR count). The van der Waals surface area contributed by atoms with Crippen molar-refractivity contribution in [2.45, 2.75) is 63.8 Å². The first-order valence-corrected chi connectivity index (χ1v) is 11.0. The Kier molecular flexibility index (Phi) is 6.04. The summed E-state index contributed by atoms with van der Waals surface area (Å²) in [7, 11) is 1.32. The fourth-order valence-electron chi connectivity index (χ4n) is 4.92. The van der Waals surface area contributed by atoms with E-state index < -0.39 is 11.4 Å². The van der Waals surface area contributed by atoms with Crippen molar-refractivity contribution in [1.82, 2.24) is 19.9 Å². The molecule has 2 atom stereocenters. The van der Waals surface area contributed by atoms with Crippen LogP contribution in [-0.2, 0) is 20.7 Å². The summed E-state index contributed by atoms with van der Waals surface area (Å²) in [6.07, 6.45) is 10.6. The van der Waals surface area contributed by atoms with Crippen LogP contribution in [0.5, 0.6) is 0 Å². The molecule has 2 fully saturated rings. The van der Waals surface area contributed by atoms with Crippen molar-refractivity contribution >= 4 is 17.5 Å². The molecule has 3 heterocycles. The standard InChI is InChI=1S/C22H31N5O3/c1-30-21(29)22(11-6-12-24-20(22)28)13-16-9-10-18-25-17(14-27(18)26-16)19(23)15-7-4-2-3-5-8-15/h9-10,14-15,19H,2-8,11-13,23H2,1H3,(H,24,28)/t19-,22-/m0/s1. The molecule has 0 bridgehead atoms. The molecule has 2 aromatic heterocycles. The van der Waals surface area contributed by atoms with E-state index in [1.54, 1.807) is 4.52 Å². The van der Waals surface area contributed by atoms with E-state index in [1.165, 1.54) is 32.8 Å². The molecule has 0 radical (unpaired) electrons. The lowest BCUT2D eigenvalue weighted by Gasteiger charge is -2.33. The number of methoxy groups -OCH3 is 1. The summed E-state index contributed by atoms with van der Waals surface area (Å²) >= 11 is 0. The number of aromatic nitrogens is 3. The van der Waals surface area contributed by atoms with E-state index >= 15 is 0 Å². The number of nitrogens with two attached hydrogens (primary N) is 1. The maximum atomic E-state index is 12.6. The van der Waals surface area contributed by atoms with Gasteiger partial charge in [0.25, 0.3) is 0 Å². The highest BCUT2D eigenvalue weighted by Gasteiger charge is 2.48. The summed E-state index contributed by atoms with van der Waals surface area (Å²) in [5.74, 6) is -0.349. The number of imidazole rings is 1. The molecule has 30 heavy (non-hydrogen) atoms. The van der Waals surface area contributed by atoms with Gasteiger partial charge in [0.05, 0.1) is 30.7 Å². The molecular formula is C22H31N5O3. The number of nitrogens with one attached hydrogen (secondary N) is 1. The van der Waals surface area contributed by atoms with Crippen LogP contribution in [0, 0.1) is 11.3 Å². The molecule has 2 aliphatic rings. The molecular weight excluding hydrogens is 382 g/mol. The van der Waals surface area contributed by atoms with Crippen molar-refractivity contribution in [3.63, 3.8) is 0 Å². The molecule has 0 unspecified atom stereocenters. The Hall–Kier alpha value is -2.48. The van der Waals surface area contributed by atoms with E-state index in [9.17, 15) is 9.59 Å². The quantitative estimate of drug-likeness (QED) is 0.442. The molecule has 2 aromatic rings. The Bertz CT molecular complexity index is 909. The summed E-state index contributed by atoms with van der Waals surface area (Å²) < 4.78 is 6.69. The predicted molar refractivity (Wildman–Crippen MR) is 112 cm³/mol. The monoisotopic (exact) mass is 413 g/mol. The van der Waals surface area contributed by atoms with E-state index in [4.69, 9.17) is 15.5 Å². The number of ether oxygens (including phenoxy) is 1.